The third-order valence-electron chi connectivity index (χ3n) is 2.66. The van der Waals surface area contributed by atoms with E-state index in [1.165, 1.54) is 11.1 Å². The zero-order chi connectivity index (χ0) is 12.6. The Morgan fingerprint density at radius 2 is 1.44 bits per heavy atom. The van der Waals surface area contributed by atoms with Crippen molar-refractivity contribution >= 4 is 11.6 Å². The van der Waals surface area contributed by atoms with Crippen LogP contribution in [0.3, 0.4) is 0 Å². The van der Waals surface area contributed by atoms with Gasteiger partial charge >= 0.3 is 0 Å². The maximum Gasteiger partial charge on any atom is -0.0184 e. The van der Waals surface area contributed by atoms with Crippen LogP contribution >= 0.6 is 0 Å². The molecule has 2 aromatic carbocycles. The van der Waals surface area contributed by atoms with Gasteiger partial charge in [0.15, 0.2) is 0 Å². The lowest BCUT2D eigenvalue weighted by atomic mass is 10.0. The molecule has 2 aromatic rings. The molecule has 0 amide bonds. The highest BCUT2D eigenvalue weighted by molar-refractivity contribution is 5.79. The van der Waals surface area contributed by atoms with Gasteiger partial charge in [-0.2, -0.15) is 0 Å². The monoisotopic (exact) mass is 232 g/mol. The van der Waals surface area contributed by atoms with E-state index < -0.39 is 0 Å². The Bertz CT molecular complexity index is 545. The van der Waals surface area contributed by atoms with E-state index in [1.54, 1.807) is 0 Å². The SMILES string of the molecule is C=C/C=C(\C=C/c1ccccc1)c1ccccc1. The molecule has 0 saturated heterocycles. The van der Waals surface area contributed by atoms with Crippen molar-refractivity contribution in [3.05, 3.63) is 96.6 Å². The van der Waals surface area contributed by atoms with Gasteiger partial charge in [0.05, 0.1) is 0 Å². The van der Waals surface area contributed by atoms with Crippen molar-refractivity contribution in [2.24, 2.45) is 0 Å². The standard InChI is InChI=1S/C18H16/c1-2-9-17(18-12-7-4-8-13-18)15-14-16-10-5-3-6-11-16/h2-15H,1H2/b15-14-,17-9+. The summed E-state index contributed by atoms with van der Waals surface area (Å²) in [5.74, 6) is 0. The summed E-state index contributed by atoms with van der Waals surface area (Å²) in [6, 6.07) is 20.6. The first-order valence-corrected chi connectivity index (χ1v) is 6.01. The lowest BCUT2D eigenvalue weighted by Crippen LogP contribution is -1.79. The topological polar surface area (TPSA) is 0 Å². The average Bonchev–Trinajstić information content (AvgIpc) is 2.45. The van der Waals surface area contributed by atoms with E-state index in [-0.39, 0.29) is 0 Å². The van der Waals surface area contributed by atoms with Crippen LogP contribution < -0.4 is 0 Å². The second-order valence-corrected chi connectivity index (χ2v) is 3.97. The predicted octanol–water partition coefficient (Wildman–Crippen LogP) is 4.97. The minimum Gasteiger partial charge on any atom is -0.0990 e. The summed E-state index contributed by atoms with van der Waals surface area (Å²) < 4.78 is 0. The maximum atomic E-state index is 3.77. The Hall–Kier alpha value is -2.34. The fraction of sp³-hybridized carbons (Fsp3) is 0. The first kappa shape index (κ1) is 12.1. The highest BCUT2D eigenvalue weighted by Gasteiger charge is 1.95. The third kappa shape index (κ3) is 3.33. The first-order chi connectivity index (χ1) is 8.90. The summed E-state index contributed by atoms with van der Waals surface area (Å²) in [6.07, 6.45) is 8.07. The fourth-order valence-electron chi connectivity index (χ4n) is 1.76. The zero-order valence-electron chi connectivity index (χ0n) is 10.3. The second kappa shape index (κ2) is 6.41. The molecule has 88 valence electrons. The summed E-state index contributed by atoms with van der Waals surface area (Å²) in [6.45, 7) is 3.77. The molecule has 0 aliphatic rings. The van der Waals surface area contributed by atoms with Crippen LogP contribution in [0.1, 0.15) is 11.1 Å². The van der Waals surface area contributed by atoms with Crippen molar-refractivity contribution < 1.29 is 0 Å². The molecule has 0 aromatic heterocycles. The molecular weight excluding hydrogens is 216 g/mol. The van der Waals surface area contributed by atoms with Gasteiger partial charge in [-0.1, -0.05) is 91.5 Å². The zero-order valence-corrected chi connectivity index (χ0v) is 10.3. The molecule has 18 heavy (non-hydrogen) atoms. The van der Waals surface area contributed by atoms with Crippen LogP contribution in [0, 0.1) is 0 Å². The predicted molar refractivity (Wildman–Crippen MR) is 80.1 cm³/mol. The molecule has 0 spiro atoms. The molecule has 0 heteroatoms. The van der Waals surface area contributed by atoms with E-state index in [2.05, 4.69) is 43.0 Å². The Kier molecular flexibility index (Phi) is 4.32. The van der Waals surface area contributed by atoms with E-state index in [9.17, 15) is 0 Å². The van der Waals surface area contributed by atoms with Crippen LogP contribution in [0.25, 0.3) is 11.6 Å². The largest absolute Gasteiger partial charge is 0.0990 e. The summed E-state index contributed by atoms with van der Waals surface area (Å²) in [7, 11) is 0. The van der Waals surface area contributed by atoms with Gasteiger partial charge in [-0.15, -0.1) is 0 Å². The molecular formula is C18H16. The van der Waals surface area contributed by atoms with Crippen molar-refractivity contribution in [2.75, 3.05) is 0 Å². The Morgan fingerprint density at radius 3 is 2.06 bits per heavy atom. The smallest absolute Gasteiger partial charge is 0.0184 e. The van der Waals surface area contributed by atoms with Crippen LogP contribution in [0.5, 0.6) is 0 Å². The first-order valence-electron chi connectivity index (χ1n) is 6.01. The highest BCUT2D eigenvalue weighted by Crippen LogP contribution is 2.17. The molecule has 0 atom stereocenters. The Balaban J connectivity index is 2.26. The molecule has 0 saturated carbocycles. The van der Waals surface area contributed by atoms with Gasteiger partial charge in [0.1, 0.15) is 0 Å². The van der Waals surface area contributed by atoms with Gasteiger partial charge in [0.25, 0.3) is 0 Å². The van der Waals surface area contributed by atoms with Crippen LogP contribution in [-0.2, 0) is 0 Å². The molecule has 0 N–H and O–H groups in total. The van der Waals surface area contributed by atoms with Crippen molar-refractivity contribution in [1.29, 1.82) is 0 Å². The number of rotatable bonds is 4. The van der Waals surface area contributed by atoms with Crippen molar-refractivity contribution in [1.82, 2.24) is 0 Å². The minimum absolute atomic E-state index is 1.16. The molecule has 2 rings (SSSR count). The van der Waals surface area contributed by atoms with E-state index in [4.69, 9.17) is 0 Å². The molecule has 0 unspecified atom stereocenters. The van der Waals surface area contributed by atoms with Gasteiger partial charge in [0, 0.05) is 0 Å². The second-order valence-electron chi connectivity index (χ2n) is 3.97. The molecule has 0 heterocycles. The van der Waals surface area contributed by atoms with Crippen LogP contribution in [0.15, 0.2) is 85.5 Å². The lowest BCUT2D eigenvalue weighted by molar-refractivity contribution is 1.62. The number of allylic oxidation sites excluding steroid dienone is 4. The van der Waals surface area contributed by atoms with Crippen LogP contribution in [0.2, 0.25) is 0 Å². The fourth-order valence-corrected chi connectivity index (χ4v) is 1.76. The molecule has 0 aliphatic carbocycles. The van der Waals surface area contributed by atoms with Gasteiger partial charge in [-0.3, -0.25) is 0 Å². The summed E-state index contributed by atoms with van der Waals surface area (Å²) >= 11 is 0. The quantitative estimate of drug-likeness (QED) is 0.653. The molecule has 0 aliphatic heterocycles. The minimum atomic E-state index is 1.16. The Morgan fingerprint density at radius 1 is 0.833 bits per heavy atom. The Labute approximate surface area is 109 Å². The number of hydrogen-bond donors (Lipinski definition) is 0. The van der Waals surface area contributed by atoms with Gasteiger partial charge in [-0.25, -0.2) is 0 Å². The van der Waals surface area contributed by atoms with Crippen LogP contribution in [-0.4, -0.2) is 0 Å². The average molecular weight is 232 g/mol. The molecule has 0 fully saturated rings. The normalized spacial score (nSPS) is 11.7. The van der Waals surface area contributed by atoms with E-state index >= 15 is 0 Å². The van der Waals surface area contributed by atoms with Gasteiger partial charge in [0.2, 0.25) is 0 Å². The summed E-state index contributed by atoms with van der Waals surface area (Å²) in [5, 5.41) is 0. The van der Waals surface area contributed by atoms with Crippen molar-refractivity contribution in [2.45, 2.75) is 0 Å². The maximum absolute atomic E-state index is 3.77. The van der Waals surface area contributed by atoms with Crippen molar-refractivity contribution in [3.63, 3.8) is 0 Å². The van der Waals surface area contributed by atoms with E-state index in [1.807, 2.05) is 48.6 Å². The van der Waals surface area contributed by atoms with Gasteiger partial charge in [-0.05, 0) is 16.7 Å². The van der Waals surface area contributed by atoms with Crippen LogP contribution in [0.4, 0.5) is 0 Å². The van der Waals surface area contributed by atoms with E-state index in [0.717, 1.165) is 5.57 Å². The van der Waals surface area contributed by atoms with E-state index in [0.29, 0.717) is 0 Å². The van der Waals surface area contributed by atoms with Crippen molar-refractivity contribution in [3.8, 4) is 0 Å². The molecule has 0 radical (unpaired) electrons. The molecule has 0 bridgehead atoms. The summed E-state index contributed by atoms with van der Waals surface area (Å²) in [5.41, 5.74) is 3.56. The van der Waals surface area contributed by atoms with Gasteiger partial charge < -0.3 is 0 Å². The number of benzene rings is 2. The third-order valence-corrected chi connectivity index (χ3v) is 2.66. The highest BCUT2D eigenvalue weighted by atomic mass is 14.0. The number of hydrogen-bond acceptors (Lipinski definition) is 0. The lowest BCUT2D eigenvalue weighted by Gasteiger charge is -2.01. The molecule has 0 nitrogen and oxygen atoms in total. The summed E-state index contributed by atoms with van der Waals surface area (Å²) in [4.78, 5) is 0.